The minimum Gasteiger partial charge on any atom is -0.352 e. The van der Waals surface area contributed by atoms with Crippen LogP contribution in [0.15, 0.2) is 78.9 Å². The summed E-state index contributed by atoms with van der Waals surface area (Å²) in [4.78, 5) is 17.7. The molecule has 1 heterocycles. The van der Waals surface area contributed by atoms with Gasteiger partial charge in [-0.15, -0.1) is 0 Å². The van der Waals surface area contributed by atoms with Crippen molar-refractivity contribution in [2.75, 3.05) is 6.54 Å². The van der Waals surface area contributed by atoms with Crippen molar-refractivity contribution < 1.29 is 4.79 Å². The van der Waals surface area contributed by atoms with Crippen molar-refractivity contribution in [3.05, 3.63) is 101 Å². The summed E-state index contributed by atoms with van der Waals surface area (Å²) in [5, 5.41) is 4.59. The molecular weight excluding hydrogens is 380 g/mol. The molecule has 4 rings (SSSR count). The van der Waals surface area contributed by atoms with Crippen molar-refractivity contribution in [1.82, 2.24) is 10.3 Å². The summed E-state index contributed by atoms with van der Waals surface area (Å²) in [5.74, 6) is -0.0982. The number of carbonyl (C=O) groups excluding carboxylic acids is 1. The predicted octanol–water partition coefficient (Wildman–Crippen LogP) is 5.84. The molecule has 0 radical (unpaired) electrons. The molecule has 0 spiro atoms. The lowest BCUT2D eigenvalue weighted by atomic mass is 10.0. The third kappa shape index (κ3) is 4.47. The van der Waals surface area contributed by atoms with Crippen LogP contribution in [-0.2, 0) is 6.42 Å². The van der Waals surface area contributed by atoms with E-state index < -0.39 is 0 Å². The maximum atomic E-state index is 13.0. The summed E-state index contributed by atoms with van der Waals surface area (Å²) in [6.07, 6.45) is 0.722. The second kappa shape index (κ2) is 8.46. The van der Waals surface area contributed by atoms with E-state index in [0.717, 1.165) is 34.1 Å². The Labute approximate surface area is 175 Å². The number of carbonyl (C=O) groups is 1. The van der Waals surface area contributed by atoms with Crippen LogP contribution in [-0.4, -0.2) is 17.4 Å². The normalized spacial score (nSPS) is 10.8. The van der Waals surface area contributed by atoms with Crippen LogP contribution in [0.1, 0.15) is 21.5 Å². The molecule has 0 aliphatic carbocycles. The van der Waals surface area contributed by atoms with E-state index in [0.29, 0.717) is 17.1 Å². The molecule has 3 aromatic carbocycles. The molecule has 144 valence electrons. The molecule has 29 heavy (non-hydrogen) atoms. The Morgan fingerprint density at radius 1 is 0.966 bits per heavy atom. The van der Waals surface area contributed by atoms with Crippen molar-refractivity contribution in [2.24, 2.45) is 0 Å². The van der Waals surface area contributed by atoms with Gasteiger partial charge in [0.25, 0.3) is 5.91 Å². The third-order valence-electron chi connectivity index (χ3n) is 4.90. The van der Waals surface area contributed by atoms with Crippen LogP contribution in [0.3, 0.4) is 0 Å². The number of aryl methyl sites for hydroxylation is 1. The number of hydrogen-bond donors (Lipinski definition) is 1. The SMILES string of the molecule is Cc1ccc(-c2cc(C(=O)NCCc3cccc(Cl)c3)c3ccccc3n2)cc1. The molecule has 3 nitrogen and oxygen atoms in total. The van der Waals surface area contributed by atoms with Crippen LogP contribution < -0.4 is 5.32 Å². The summed E-state index contributed by atoms with van der Waals surface area (Å²) in [5.41, 5.74) is 5.52. The zero-order valence-electron chi connectivity index (χ0n) is 16.2. The molecule has 4 aromatic rings. The molecule has 0 saturated heterocycles. The van der Waals surface area contributed by atoms with Crippen LogP contribution >= 0.6 is 11.6 Å². The topological polar surface area (TPSA) is 42.0 Å². The lowest BCUT2D eigenvalue weighted by Crippen LogP contribution is -2.26. The molecule has 0 unspecified atom stereocenters. The predicted molar refractivity (Wildman–Crippen MR) is 119 cm³/mol. The van der Waals surface area contributed by atoms with Gasteiger partial charge >= 0.3 is 0 Å². The van der Waals surface area contributed by atoms with Gasteiger partial charge in [-0.25, -0.2) is 4.98 Å². The highest BCUT2D eigenvalue weighted by Gasteiger charge is 2.13. The first kappa shape index (κ1) is 19.2. The standard InChI is InChI=1S/C25H21ClN2O/c1-17-9-11-19(12-10-17)24-16-22(21-7-2-3-8-23(21)28-24)25(29)27-14-13-18-5-4-6-20(26)15-18/h2-12,15-16H,13-14H2,1H3,(H,27,29). The van der Waals surface area contributed by atoms with Gasteiger partial charge < -0.3 is 5.32 Å². The van der Waals surface area contributed by atoms with E-state index in [1.807, 2.05) is 66.7 Å². The van der Waals surface area contributed by atoms with Gasteiger partial charge in [-0.3, -0.25) is 4.79 Å². The van der Waals surface area contributed by atoms with Crippen LogP contribution in [0.5, 0.6) is 0 Å². The Hall–Kier alpha value is -3.17. The van der Waals surface area contributed by atoms with Gasteiger partial charge in [0, 0.05) is 22.5 Å². The van der Waals surface area contributed by atoms with Crippen molar-refractivity contribution in [2.45, 2.75) is 13.3 Å². The molecule has 0 saturated carbocycles. The summed E-state index contributed by atoms with van der Waals surface area (Å²) >= 11 is 6.04. The Morgan fingerprint density at radius 3 is 2.55 bits per heavy atom. The Morgan fingerprint density at radius 2 is 1.76 bits per heavy atom. The first-order valence-corrected chi connectivity index (χ1v) is 9.97. The molecule has 1 aromatic heterocycles. The largest absolute Gasteiger partial charge is 0.352 e. The van der Waals surface area contributed by atoms with Crippen LogP contribution in [0, 0.1) is 6.92 Å². The molecule has 1 N–H and O–H groups in total. The van der Waals surface area contributed by atoms with Crippen molar-refractivity contribution in [1.29, 1.82) is 0 Å². The number of para-hydroxylation sites is 1. The first-order valence-electron chi connectivity index (χ1n) is 9.59. The first-order chi connectivity index (χ1) is 14.1. The lowest BCUT2D eigenvalue weighted by molar-refractivity contribution is 0.0956. The molecular formula is C25H21ClN2O. The number of pyridine rings is 1. The summed E-state index contributed by atoms with van der Waals surface area (Å²) in [7, 11) is 0. The number of rotatable bonds is 5. The zero-order chi connectivity index (χ0) is 20.2. The number of nitrogens with zero attached hydrogens (tertiary/aromatic N) is 1. The molecule has 0 bridgehead atoms. The van der Waals surface area contributed by atoms with E-state index in [-0.39, 0.29) is 5.91 Å². The van der Waals surface area contributed by atoms with Crippen LogP contribution in [0.4, 0.5) is 0 Å². The smallest absolute Gasteiger partial charge is 0.252 e. The second-order valence-corrected chi connectivity index (χ2v) is 7.51. The van der Waals surface area contributed by atoms with Gasteiger partial charge in [0.05, 0.1) is 16.8 Å². The maximum Gasteiger partial charge on any atom is 0.252 e. The Kier molecular flexibility index (Phi) is 5.59. The fourth-order valence-electron chi connectivity index (χ4n) is 3.34. The van der Waals surface area contributed by atoms with E-state index in [2.05, 4.69) is 24.4 Å². The van der Waals surface area contributed by atoms with Gasteiger partial charge in [0.2, 0.25) is 0 Å². The van der Waals surface area contributed by atoms with Gasteiger partial charge in [0.15, 0.2) is 0 Å². The number of halogens is 1. The summed E-state index contributed by atoms with van der Waals surface area (Å²) < 4.78 is 0. The molecule has 0 aliphatic heterocycles. The fourth-order valence-corrected chi connectivity index (χ4v) is 3.56. The molecule has 4 heteroatoms. The quantitative estimate of drug-likeness (QED) is 0.457. The van der Waals surface area contributed by atoms with E-state index >= 15 is 0 Å². The van der Waals surface area contributed by atoms with E-state index in [4.69, 9.17) is 16.6 Å². The van der Waals surface area contributed by atoms with E-state index in [1.165, 1.54) is 5.56 Å². The number of hydrogen-bond acceptors (Lipinski definition) is 2. The minimum absolute atomic E-state index is 0.0982. The van der Waals surface area contributed by atoms with Crippen molar-refractivity contribution in [3.63, 3.8) is 0 Å². The highest BCUT2D eigenvalue weighted by molar-refractivity contribution is 6.30. The number of aromatic nitrogens is 1. The van der Waals surface area contributed by atoms with Crippen LogP contribution in [0.2, 0.25) is 5.02 Å². The fraction of sp³-hybridized carbons (Fsp3) is 0.120. The van der Waals surface area contributed by atoms with Crippen molar-refractivity contribution in [3.8, 4) is 11.3 Å². The zero-order valence-corrected chi connectivity index (χ0v) is 16.9. The monoisotopic (exact) mass is 400 g/mol. The summed E-state index contributed by atoms with van der Waals surface area (Å²) in [6, 6.07) is 25.5. The summed E-state index contributed by atoms with van der Waals surface area (Å²) in [6.45, 7) is 2.59. The number of fused-ring (bicyclic) bond motifs is 1. The van der Waals surface area contributed by atoms with Gasteiger partial charge in [-0.2, -0.15) is 0 Å². The highest BCUT2D eigenvalue weighted by Crippen LogP contribution is 2.25. The number of benzene rings is 3. The minimum atomic E-state index is -0.0982. The number of amides is 1. The molecule has 0 atom stereocenters. The third-order valence-corrected chi connectivity index (χ3v) is 5.13. The highest BCUT2D eigenvalue weighted by atomic mass is 35.5. The van der Waals surface area contributed by atoms with Gasteiger partial charge in [-0.05, 0) is 43.2 Å². The lowest BCUT2D eigenvalue weighted by Gasteiger charge is -2.11. The Balaban J connectivity index is 1.61. The molecule has 0 fully saturated rings. The Bertz CT molecular complexity index is 1170. The van der Waals surface area contributed by atoms with E-state index in [1.54, 1.807) is 0 Å². The molecule has 1 amide bonds. The maximum absolute atomic E-state index is 13.0. The molecule has 0 aliphatic rings. The average molecular weight is 401 g/mol. The number of nitrogens with one attached hydrogen (secondary N) is 1. The van der Waals surface area contributed by atoms with Crippen LogP contribution in [0.25, 0.3) is 22.2 Å². The van der Waals surface area contributed by atoms with E-state index in [9.17, 15) is 4.79 Å². The van der Waals surface area contributed by atoms with Gasteiger partial charge in [-0.1, -0.05) is 71.8 Å². The average Bonchev–Trinajstić information content (AvgIpc) is 2.73. The van der Waals surface area contributed by atoms with Gasteiger partial charge in [0.1, 0.15) is 0 Å². The van der Waals surface area contributed by atoms with Crippen molar-refractivity contribution >= 4 is 28.4 Å². The second-order valence-electron chi connectivity index (χ2n) is 7.07.